The summed E-state index contributed by atoms with van der Waals surface area (Å²) in [6.07, 6.45) is 0. The van der Waals surface area contributed by atoms with E-state index in [0.717, 1.165) is 0 Å². The van der Waals surface area contributed by atoms with Crippen molar-refractivity contribution in [1.29, 1.82) is 0 Å². The number of rotatable bonds is 3. The minimum atomic E-state index is -0.348. The molecule has 28 heavy (non-hydrogen) atoms. The lowest BCUT2D eigenvalue weighted by atomic mass is 10.1. The second-order valence-corrected chi connectivity index (χ2v) is 6.58. The van der Waals surface area contributed by atoms with Crippen LogP contribution >= 0.6 is 23.2 Å². The molecule has 0 aliphatic carbocycles. The summed E-state index contributed by atoms with van der Waals surface area (Å²) in [6, 6.07) is 9.99. The van der Waals surface area contributed by atoms with Crippen molar-refractivity contribution in [1.82, 2.24) is 20.2 Å². The summed E-state index contributed by atoms with van der Waals surface area (Å²) in [5, 5.41) is 14.9. The molecule has 0 saturated heterocycles. The van der Waals surface area contributed by atoms with Gasteiger partial charge in [-0.3, -0.25) is 9.89 Å². The third-order valence-corrected chi connectivity index (χ3v) is 4.75. The number of azo groups is 1. The Hall–Kier alpha value is -3.43. The molecule has 0 fully saturated rings. The molecule has 0 unspecified atom stereocenters. The highest BCUT2D eigenvalue weighted by molar-refractivity contribution is 6.44. The number of H-pyrrole nitrogens is 2. The highest BCUT2D eigenvalue weighted by atomic mass is 35.5. The number of aromatic amines is 2. The maximum atomic E-state index is 12.4. The van der Waals surface area contributed by atoms with Crippen molar-refractivity contribution in [2.75, 3.05) is 11.5 Å². The molecule has 0 amide bonds. The molecule has 9 nitrogen and oxygen atoms in total. The zero-order chi connectivity index (χ0) is 19.8. The number of nitrogens with zero attached hydrogens (tertiary/aromatic N) is 4. The summed E-state index contributed by atoms with van der Waals surface area (Å²) in [5.74, 6) is 0.376. The first-order chi connectivity index (χ1) is 13.4. The second-order valence-electron chi connectivity index (χ2n) is 5.79. The molecule has 0 aliphatic heterocycles. The van der Waals surface area contributed by atoms with E-state index in [1.54, 1.807) is 36.4 Å². The van der Waals surface area contributed by atoms with Crippen molar-refractivity contribution in [3.8, 4) is 11.3 Å². The van der Waals surface area contributed by atoms with Gasteiger partial charge in [0.25, 0.3) is 5.56 Å². The van der Waals surface area contributed by atoms with Crippen LogP contribution in [0.4, 0.5) is 23.0 Å². The number of nitrogens with two attached hydrogens (primary N) is 2. The molecule has 6 N–H and O–H groups in total. The van der Waals surface area contributed by atoms with Crippen LogP contribution in [0.2, 0.25) is 10.0 Å². The molecular formula is C17H12Cl2N8O. The van der Waals surface area contributed by atoms with E-state index in [2.05, 4.69) is 30.4 Å². The Morgan fingerprint density at radius 3 is 2.43 bits per heavy atom. The van der Waals surface area contributed by atoms with Crippen molar-refractivity contribution < 1.29 is 0 Å². The van der Waals surface area contributed by atoms with E-state index in [9.17, 15) is 4.79 Å². The standard InChI is InChI=1S/C17H12Cl2N8O/c18-9-5-6-10-13(11(9)19)23-12(17(28)22-10)7-1-3-8(4-2-7)24-25-14-15(20)26-27-16(14)21/h1-6H,(H,22,28)(H5,20,21,26,27)/b25-24+. The Labute approximate surface area is 167 Å². The molecule has 0 aliphatic rings. The molecule has 2 aromatic heterocycles. The minimum Gasteiger partial charge on any atom is -0.382 e. The van der Waals surface area contributed by atoms with Crippen LogP contribution in [0.5, 0.6) is 0 Å². The Morgan fingerprint density at radius 1 is 1.00 bits per heavy atom. The number of nitrogen functional groups attached to an aromatic ring is 2. The third-order valence-electron chi connectivity index (χ3n) is 3.96. The largest absolute Gasteiger partial charge is 0.382 e. The van der Waals surface area contributed by atoms with Crippen LogP contribution in [0.1, 0.15) is 0 Å². The monoisotopic (exact) mass is 414 g/mol. The van der Waals surface area contributed by atoms with Crippen molar-refractivity contribution in [3.63, 3.8) is 0 Å². The van der Waals surface area contributed by atoms with Crippen LogP contribution in [0.3, 0.4) is 0 Å². The Morgan fingerprint density at radius 2 is 1.75 bits per heavy atom. The molecule has 0 radical (unpaired) electrons. The maximum absolute atomic E-state index is 12.4. The Bertz CT molecular complexity index is 1260. The lowest BCUT2D eigenvalue weighted by molar-refractivity contribution is 1.11. The predicted molar refractivity (Wildman–Crippen MR) is 109 cm³/mol. The van der Waals surface area contributed by atoms with Gasteiger partial charge in [0.15, 0.2) is 11.5 Å². The summed E-state index contributed by atoms with van der Waals surface area (Å²) in [4.78, 5) is 19.5. The quantitative estimate of drug-likeness (QED) is 0.370. The summed E-state index contributed by atoms with van der Waals surface area (Å²) in [6.45, 7) is 0. The fourth-order valence-corrected chi connectivity index (χ4v) is 2.91. The molecule has 0 saturated carbocycles. The lowest BCUT2D eigenvalue weighted by Crippen LogP contribution is -2.11. The topological polar surface area (TPSA) is 151 Å². The van der Waals surface area contributed by atoms with Crippen LogP contribution in [0.25, 0.3) is 22.3 Å². The molecule has 2 aromatic carbocycles. The molecule has 4 aromatic rings. The average Bonchev–Trinajstić information content (AvgIpc) is 3.01. The fraction of sp³-hybridized carbons (Fsp3) is 0. The minimum absolute atomic E-state index is 0.153. The van der Waals surface area contributed by atoms with E-state index in [-0.39, 0.29) is 33.6 Å². The first-order valence-corrected chi connectivity index (χ1v) is 8.69. The van der Waals surface area contributed by atoms with Crippen molar-refractivity contribution in [2.24, 2.45) is 10.2 Å². The number of hydrogen-bond acceptors (Lipinski definition) is 7. The molecule has 0 bridgehead atoms. The molecule has 2 heterocycles. The second kappa shape index (κ2) is 6.95. The maximum Gasteiger partial charge on any atom is 0.274 e. The van der Waals surface area contributed by atoms with Gasteiger partial charge in [0.2, 0.25) is 0 Å². The van der Waals surface area contributed by atoms with Crippen LogP contribution < -0.4 is 17.0 Å². The molecule has 0 spiro atoms. The Kier molecular flexibility index (Phi) is 4.46. The summed E-state index contributed by atoms with van der Waals surface area (Å²) in [7, 11) is 0. The summed E-state index contributed by atoms with van der Waals surface area (Å²) < 4.78 is 0. The molecule has 4 rings (SSSR count). The first kappa shape index (κ1) is 18.0. The van der Waals surface area contributed by atoms with E-state index in [4.69, 9.17) is 34.7 Å². The predicted octanol–water partition coefficient (Wildman–Crippen LogP) is 4.20. The van der Waals surface area contributed by atoms with Crippen LogP contribution in [-0.4, -0.2) is 20.2 Å². The zero-order valence-electron chi connectivity index (χ0n) is 14.1. The number of hydrogen-bond donors (Lipinski definition) is 4. The van der Waals surface area contributed by atoms with Gasteiger partial charge in [-0.25, -0.2) is 4.98 Å². The molecule has 0 atom stereocenters. The van der Waals surface area contributed by atoms with Gasteiger partial charge in [-0.15, -0.1) is 5.11 Å². The van der Waals surface area contributed by atoms with Gasteiger partial charge in [0.1, 0.15) is 17.0 Å². The van der Waals surface area contributed by atoms with Crippen molar-refractivity contribution >= 4 is 57.2 Å². The number of nitrogens with one attached hydrogen (secondary N) is 2. The number of aromatic nitrogens is 4. The highest BCUT2D eigenvalue weighted by Gasteiger charge is 2.12. The van der Waals surface area contributed by atoms with Gasteiger partial charge in [-0.1, -0.05) is 35.3 Å². The summed E-state index contributed by atoms with van der Waals surface area (Å²) in [5.41, 5.74) is 13.5. The van der Waals surface area contributed by atoms with Crippen LogP contribution in [0.15, 0.2) is 51.4 Å². The Balaban J connectivity index is 1.70. The number of anilines is 2. The van der Waals surface area contributed by atoms with Crippen LogP contribution in [-0.2, 0) is 0 Å². The van der Waals surface area contributed by atoms with E-state index in [1.165, 1.54) is 0 Å². The molecule has 140 valence electrons. The first-order valence-electron chi connectivity index (χ1n) is 7.93. The normalized spacial score (nSPS) is 11.5. The van der Waals surface area contributed by atoms with Crippen molar-refractivity contribution in [2.45, 2.75) is 0 Å². The third kappa shape index (κ3) is 3.17. The van der Waals surface area contributed by atoms with Crippen LogP contribution in [0, 0.1) is 0 Å². The van der Waals surface area contributed by atoms with Gasteiger partial charge in [0, 0.05) is 5.56 Å². The van der Waals surface area contributed by atoms with E-state index >= 15 is 0 Å². The number of fused-ring (bicyclic) bond motifs is 1. The van der Waals surface area contributed by atoms with Gasteiger partial charge >= 0.3 is 0 Å². The van der Waals surface area contributed by atoms with Gasteiger partial charge in [-0.2, -0.15) is 10.2 Å². The lowest BCUT2D eigenvalue weighted by Gasteiger charge is -2.05. The molecular weight excluding hydrogens is 403 g/mol. The average molecular weight is 415 g/mol. The smallest absolute Gasteiger partial charge is 0.274 e. The molecule has 11 heteroatoms. The summed E-state index contributed by atoms with van der Waals surface area (Å²) >= 11 is 12.2. The van der Waals surface area contributed by atoms with Gasteiger partial charge in [-0.05, 0) is 24.3 Å². The zero-order valence-corrected chi connectivity index (χ0v) is 15.6. The van der Waals surface area contributed by atoms with Gasteiger partial charge in [0.05, 0.1) is 21.2 Å². The highest BCUT2D eigenvalue weighted by Crippen LogP contribution is 2.30. The number of benzene rings is 2. The number of halogens is 2. The van der Waals surface area contributed by atoms with E-state index in [0.29, 0.717) is 27.3 Å². The SMILES string of the molecule is Nc1n[nH]c(N)c1/N=N/c1ccc(-c2nc3c(Cl)c(Cl)ccc3[nH]c2=O)cc1. The van der Waals surface area contributed by atoms with Gasteiger partial charge < -0.3 is 16.5 Å². The van der Waals surface area contributed by atoms with E-state index < -0.39 is 0 Å². The van der Waals surface area contributed by atoms with Crippen molar-refractivity contribution in [3.05, 3.63) is 56.8 Å². The fourth-order valence-electron chi connectivity index (χ4n) is 2.55. The van der Waals surface area contributed by atoms with E-state index in [1.807, 2.05) is 0 Å².